The fourth-order valence-electron chi connectivity index (χ4n) is 2.22. The summed E-state index contributed by atoms with van der Waals surface area (Å²) in [6.07, 6.45) is 1.60. The first-order chi connectivity index (χ1) is 9.31. The third-order valence-electron chi connectivity index (χ3n) is 3.08. The summed E-state index contributed by atoms with van der Waals surface area (Å²) >= 11 is 5.21. The van der Waals surface area contributed by atoms with Crippen LogP contribution in [-0.2, 0) is 0 Å². The number of nitrogens with one attached hydrogen (secondary N) is 1. The molecule has 19 heavy (non-hydrogen) atoms. The molecule has 0 fully saturated rings. The van der Waals surface area contributed by atoms with Crippen LogP contribution in [0.2, 0.25) is 0 Å². The SMILES string of the molecule is COc1c(-c2cccc3ccccc23)[nH]cnc1=S. The van der Waals surface area contributed by atoms with E-state index in [4.69, 9.17) is 17.0 Å². The second kappa shape index (κ2) is 4.82. The normalized spacial score (nSPS) is 10.6. The molecule has 94 valence electrons. The number of rotatable bonds is 2. The van der Waals surface area contributed by atoms with Crippen LogP contribution in [0.25, 0.3) is 22.0 Å². The summed E-state index contributed by atoms with van der Waals surface area (Å²) in [4.78, 5) is 7.18. The molecule has 0 saturated heterocycles. The number of aromatic amines is 1. The molecular weight excluding hydrogens is 256 g/mol. The highest BCUT2D eigenvalue weighted by atomic mass is 32.1. The fraction of sp³-hybridized carbons (Fsp3) is 0.0667. The topological polar surface area (TPSA) is 37.9 Å². The van der Waals surface area contributed by atoms with Crippen molar-refractivity contribution in [1.82, 2.24) is 9.97 Å². The van der Waals surface area contributed by atoms with Gasteiger partial charge in [-0.3, -0.25) is 0 Å². The van der Waals surface area contributed by atoms with Gasteiger partial charge in [0.25, 0.3) is 0 Å². The average molecular weight is 268 g/mol. The Morgan fingerprint density at radius 1 is 1.11 bits per heavy atom. The molecule has 0 spiro atoms. The van der Waals surface area contributed by atoms with Gasteiger partial charge in [-0.1, -0.05) is 54.7 Å². The lowest BCUT2D eigenvalue weighted by molar-refractivity contribution is 0.411. The quantitative estimate of drug-likeness (QED) is 0.715. The molecule has 3 rings (SSSR count). The van der Waals surface area contributed by atoms with Crippen molar-refractivity contribution in [3.8, 4) is 17.0 Å². The number of methoxy groups -OCH3 is 1. The lowest BCUT2D eigenvalue weighted by Crippen LogP contribution is -1.94. The van der Waals surface area contributed by atoms with Crippen molar-refractivity contribution in [2.24, 2.45) is 0 Å². The van der Waals surface area contributed by atoms with Gasteiger partial charge in [0, 0.05) is 5.56 Å². The summed E-state index contributed by atoms with van der Waals surface area (Å²) < 4.78 is 5.84. The second-order valence-corrected chi connectivity index (χ2v) is 4.53. The molecule has 0 bridgehead atoms. The number of benzene rings is 2. The van der Waals surface area contributed by atoms with Crippen LogP contribution in [0, 0.1) is 4.64 Å². The molecule has 0 aliphatic rings. The van der Waals surface area contributed by atoms with Crippen LogP contribution < -0.4 is 4.74 Å². The van der Waals surface area contributed by atoms with Crippen LogP contribution in [0.4, 0.5) is 0 Å². The highest BCUT2D eigenvalue weighted by Crippen LogP contribution is 2.33. The highest BCUT2D eigenvalue weighted by Gasteiger charge is 2.11. The van der Waals surface area contributed by atoms with Gasteiger partial charge in [0.05, 0.1) is 19.1 Å². The van der Waals surface area contributed by atoms with Crippen LogP contribution in [0.15, 0.2) is 48.8 Å². The van der Waals surface area contributed by atoms with Crippen molar-refractivity contribution in [1.29, 1.82) is 0 Å². The maximum Gasteiger partial charge on any atom is 0.179 e. The summed E-state index contributed by atoms with van der Waals surface area (Å²) in [5.41, 5.74) is 1.92. The van der Waals surface area contributed by atoms with Crippen LogP contribution in [0.3, 0.4) is 0 Å². The van der Waals surface area contributed by atoms with E-state index in [1.807, 2.05) is 24.3 Å². The molecule has 0 unspecified atom stereocenters. The van der Waals surface area contributed by atoms with Crippen LogP contribution >= 0.6 is 12.2 Å². The van der Waals surface area contributed by atoms with E-state index in [9.17, 15) is 0 Å². The molecule has 4 heteroatoms. The van der Waals surface area contributed by atoms with Crippen molar-refractivity contribution in [3.63, 3.8) is 0 Å². The summed E-state index contributed by atoms with van der Waals surface area (Å²) in [5.74, 6) is 0.605. The number of H-pyrrole nitrogens is 1. The zero-order valence-electron chi connectivity index (χ0n) is 10.4. The molecule has 0 atom stereocenters. The van der Waals surface area contributed by atoms with Gasteiger partial charge in [-0.05, 0) is 10.8 Å². The maximum atomic E-state index is 5.38. The van der Waals surface area contributed by atoms with Gasteiger partial charge in [-0.2, -0.15) is 0 Å². The molecular formula is C15H12N2OS. The highest BCUT2D eigenvalue weighted by molar-refractivity contribution is 7.71. The Bertz CT molecular complexity index is 790. The minimum Gasteiger partial charge on any atom is -0.491 e. The Morgan fingerprint density at radius 3 is 2.74 bits per heavy atom. The van der Waals surface area contributed by atoms with Crippen molar-refractivity contribution in [3.05, 3.63) is 53.4 Å². The largest absolute Gasteiger partial charge is 0.491 e. The van der Waals surface area contributed by atoms with E-state index in [0.29, 0.717) is 10.4 Å². The molecule has 1 aromatic heterocycles. The molecule has 2 aromatic carbocycles. The van der Waals surface area contributed by atoms with Gasteiger partial charge < -0.3 is 9.72 Å². The van der Waals surface area contributed by atoms with Crippen LogP contribution in [0.1, 0.15) is 0 Å². The minimum absolute atomic E-state index is 0.462. The van der Waals surface area contributed by atoms with E-state index in [1.54, 1.807) is 13.4 Å². The number of aromatic nitrogens is 2. The van der Waals surface area contributed by atoms with E-state index in [0.717, 1.165) is 16.6 Å². The second-order valence-electron chi connectivity index (χ2n) is 4.14. The zero-order chi connectivity index (χ0) is 13.2. The first-order valence-corrected chi connectivity index (χ1v) is 6.32. The lowest BCUT2D eigenvalue weighted by Gasteiger charge is -2.10. The van der Waals surface area contributed by atoms with Gasteiger partial charge in [-0.15, -0.1) is 0 Å². The van der Waals surface area contributed by atoms with Crippen molar-refractivity contribution in [2.75, 3.05) is 7.11 Å². The predicted octanol–water partition coefficient (Wildman–Crippen LogP) is 3.97. The maximum absolute atomic E-state index is 5.38. The van der Waals surface area contributed by atoms with E-state index in [-0.39, 0.29) is 0 Å². The van der Waals surface area contributed by atoms with Gasteiger partial charge in [0.15, 0.2) is 10.4 Å². The molecule has 3 aromatic rings. The van der Waals surface area contributed by atoms with Crippen LogP contribution in [-0.4, -0.2) is 17.1 Å². The monoisotopic (exact) mass is 268 g/mol. The van der Waals surface area contributed by atoms with Gasteiger partial charge in [0.2, 0.25) is 0 Å². The van der Waals surface area contributed by atoms with Crippen molar-refractivity contribution in [2.45, 2.75) is 0 Å². The Labute approximate surface area is 115 Å². The standard InChI is InChI=1S/C15H12N2OS/c1-18-14-13(16-9-17-15(14)19)12-8-4-6-10-5-2-3-7-11(10)12/h2-9H,1H3,(H,16,17,19). The minimum atomic E-state index is 0.462. The van der Waals surface area contributed by atoms with Crippen molar-refractivity contribution >= 4 is 23.0 Å². The third-order valence-corrected chi connectivity index (χ3v) is 3.37. The molecule has 1 N–H and O–H groups in total. The third kappa shape index (κ3) is 2.00. The Kier molecular flexibility index (Phi) is 3.01. The molecule has 0 amide bonds. The van der Waals surface area contributed by atoms with Gasteiger partial charge in [0.1, 0.15) is 0 Å². The summed E-state index contributed by atoms with van der Waals surface area (Å²) in [6, 6.07) is 14.4. The van der Waals surface area contributed by atoms with Gasteiger partial charge in [-0.25, -0.2) is 4.98 Å². The van der Waals surface area contributed by atoms with E-state index in [2.05, 4.69) is 28.2 Å². The number of fused-ring (bicyclic) bond motifs is 1. The summed E-state index contributed by atoms with van der Waals surface area (Å²) in [6.45, 7) is 0. The first-order valence-electron chi connectivity index (χ1n) is 5.91. The van der Waals surface area contributed by atoms with E-state index in [1.165, 1.54) is 5.39 Å². The predicted molar refractivity (Wildman–Crippen MR) is 78.9 cm³/mol. The van der Waals surface area contributed by atoms with Crippen LogP contribution in [0.5, 0.6) is 5.75 Å². The molecule has 3 nitrogen and oxygen atoms in total. The average Bonchev–Trinajstić information content (AvgIpc) is 2.46. The Morgan fingerprint density at radius 2 is 1.89 bits per heavy atom. The molecule has 0 aliphatic heterocycles. The number of ether oxygens (including phenoxy) is 1. The van der Waals surface area contributed by atoms with Gasteiger partial charge >= 0.3 is 0 Å². The smallest absolute Gasteiger partial charge is 0.179 e. The number of hydrogen-bond acceptors (Lipinski definition) is 3. The number of nitrogens with zero attached hydrogens (tertiary/aromatic N) is 1. The fourth-order valence-corrected chi connectivity index (χ4v) is 2.46. The van der Waals surface area contributed by atoms with E-state index < -0.39 is 0 Å². The number of hydrogen-bond donors (Lipinski definition) is 1. The molecule has 0 aliphatic carbocycles. The molecule has 1 heterocycles. The summed E-state index contributed by atoms with van der Waals surface area (Å²) in [5, 5.41) is 2.33. The Hall–Kier alpha value is -2.20. The molecule has 0 radical (unpaired) electrons. The summed E-state index contributed by atoms with van der Waals surface area (Å²) in [7, 11) is 1.61. The zero-order valence-corrected chi connectivity index (χ0v) is 11.2. The first kappa shape index (κ1) is 11.9. The molecule has 0 saturated carbocycles. The van der Waals surface area contributed by atoms with Crippen molar-refractivity contribution < 1.29 is 4.74 Å². The van der Waals surface area contributed by atoms with E-state index >= 15 is 0 Å². The lowest BCUT2D eigenvalue weighted by atomic mass is 10.0. The Balaban J connectivity index is 2.37.